The zero-order valence-electron chi connectivity index (χ0n) is 16.8. The lowest BCUT2D eigenvalue weighted by molar-refractivity contribution is 0.262. The van der Waals surface area contributed by atoms with E-state index in [9.17, 15) is 0 Å². The van der Waals surface area contributed by atoms with E-state index in [4.69, 9.17) is 12.2 Å². The number of aryl methyl sites for hydroxylation is 2. The zero-order valence-corrected chi connectivity index (χ0v) is 17.6. The number of nitrogens with zero attached hydrogens (tertiary/aromatic N) is 3. The number of aromatic nitrogens is 2. The van der Waals surface area contributed by atoms with Crippen LogP contribution < -0.4 is 5.32 Å². The van der Waals surface area contributed by atoms with Crippen molar-refractivity contribution >= 4 is 17.3 Å². The molecule has 1 N–H and O–H groups in total. The Morgan fingerprint density at radius 1 is 1.04 bits per heavy atom. The van der Waals surface area contributed by atoms with Gasteiger partial charge in [-0.25, -0.2) is 0 Å². The Labute approximate surface area is 172 Å². The smallest absolute Gasteiger partial charge is 0.170 e. The van der Waals surface area contributed by atoms with Gasteiger partial charge in [0.1, 0.15) is 0 Å². The van der Waals surface area contributed by atoms with Gasteiger partial charge in [-0.2, -0.15) is 0 Å². The van der Waals surface area contributed by atoms with E-state index in [1.807, 2.05) is 18.3 Å². The molecule has 5 heteroatoms. The third-order valence-electron chi connectivity index (χ3n) is 5.54. The predicted octanol–water partition coefficient (Wildman–Crippen LogP) is 4.87. The minimum atomic E-state index is 0.0105. The average molecular weight is 391 g/mol. The highest BCUT2D eigenvalue weighted by atomic mass is 32.1. The fourth-order valence-corrected chi connectivity index (χ4v) is 4.44. The average Bonchev–Trinajstić information content (AvgIpc) is 3.28. The van der Waals surface area contributed by atoms with Crippen LogP contribution in [0.1, 0.15) is 48.4 Å². The Morgan fingerprint density at radius 2 is 1.86 bits per heavy atom. The molecule has 4 nitrogen and oxygen atoms in total. The van der Waals surface area contributed by atoms with E-state index in [-0.39, 0.29) is 18.1 Å². The van der Waals surface area contributed by atoms with Gasteiger partial charge in [-0.15, -0.1) is 0 Å². The van der Waals surface area contributed by atoms with Crippen molar-refractivity contribution in [3.63, 3.8) is 0 Å². The molecule has 144 valence electrons. The van der Waals surface area contributed by atoms with Crippen molar-refractivity contribution < 1.29 is 0 Å². The first-order chi connectivity index (χ1) is 13.5. The minimum Gasteiger partial charge on any atom is -0.352 e. The van der Waals surface area contributed by atoms with Crippen molar-refractivity contribution in [2.45, 2.75) is 45.8 Å². The first-order valence-electron chi connectivity index (χ1n) is 9.72. The molecule has 1 aliphatic heterocycles. The molecule has 1 fully saturated rings. The van der Waals surface area contributed by atoms with Crippen molar-refractivity contribution in [1.29, 1.82) is 0 Å². The second-order valence-electron chi connectivity index (χ2n) is 7.70. The molecule has 1 saturated heterocycles. The van der Waals surface area contributed by atoms with Crippen molar-refractivity contribution in [2.75, 3.05) is 0 Å². The van der Waals surface area contributed by atoms with Gasteiger partial charge < -0.3 is 14.8 Å². The molecule has 3 heterocycles. The van der Waals surface area contributed by atoms with Crippen LogP contribution in [-0.2, 0) is 0 Å². The third kappa shape index (κ3) is 3.20. The largest absolute Gasteiger partial charge is 0.352 e. The van der Waals surface area contributed by atoms with Gasteiger partial charge in [0.2, 0.25) is 0 Å². The molecule has 0 spiro atoms. The molecular weight excluding hydrogens is 364 g/mol. The number of nitrogens with one attached hydrogen (secondary N) is 1. The third-order valence-corrected chi connectivity index (χ3v) is 5.87. The second-order valence-corrected chi connectivity index (χ2v) is 8.09. The highest BCUT2D eigenvalue weighted by molar-refractivity contribution is 7.80. The van der Waals surface area contributed by atoms with Crippen LogP contribution in [-0.4, -0.2) is 25.6 Å². The Hall–Kier alpha value is -2.66. The summed E-state index contributed by atoms with van der Waals surface area (Å²) < 4.78 is 2.28. The summed E-state index contributed by atoms with van der Waals surface area (Å²) in [6.07, 6.45) is 3.98. The van der Waals surface area contributed by atoms with Gasteiger partial charge in [0.05, 0.1) is 17.8 Å². The molecule has 0 unspecified atom stereocenters. The van der Waals surface area contributed by atoms with Crippen LogP contribution in [0.5, 0.6) is 0 Å². The molecule has 0 bridgehead atoms. The molecule has 28 heavy (non-hydrogen) atoms. The molecular formula is C23H26N4S. The van der Waals surface area contributed by atoms with E-state index < -0.39 is 0 Å². The van der Waals surface area contributed by atoms with Gasteiger partial charge >= 0.3 is 0 Å². The van der Waals surface area contributed by atoms with Crippen LogP contribution in [0.2, 0.25) is 0 Å². The van der Waals surface area contributed by atoms with Crippen molar-refractivity contribution in [2.24, 2.45) is 0 Å². The summed E-state index contributed by atoms with van der Waals surface area (Å²) in [4.78, 5) is 6.91. The lowest BCUT2D eigenvalue weighted by Gasteiger charge is -2.31. The highest BCUT2D eigenvalue weighted by Gasteiger charge is 2.42. The van der Waals surface area contributed by atoms with Gasteiger partial charge in [0.15, 0.2) is 5.11 Å². The van der Waals surface area contributed by atoms with Crippen LogP contribution in [0.15, 0.2) is 60.9 Å². The summed E-state index contributed by atoms with van der Waals surface area (Å²) in [7, 11) is 0. The second kappa shape index (κ2) is 7.40. The molecule has 4 rings (SSSR count). The van der Waals surface area contributed by atoms with E-state index in [1.54, 1.807) is 0 Å². The molecule has 3 aromatic rings. The maximum Gasteiger partial charge on any atom is 0.170 e. The van der Waals surface area contributed by atoms with Crippen molar-refractivity contribution in [1.82, 2.24) is 19.8 Å². The van der Waals surface area contributed by atoms with Crippen LogP contribution in [0.3, 0.4) is 0 Å². The zero-order chi connectivity index (χ0) is 19.8. The van der Waals surface area contributed by atoms with Gasteiger partial charge in [-0.05, 0) is 87.4 Å². The molecule has 1 aromatic carbocycles. The normalized spacial score (nSPS) is 19.3. The Balaban J connectivity index is 1.84. The summed E-state index contributed by atoms with van der Waals surface area (Å²) in [5, 5.41) is 4.30. The predicted molar refractivity (Wildman–Crippen MR) is 118 cm³/mol. The van der Waals surface area contributed by atoms with Gasteiger partial charge in [0.25, 0.3) is 0 Å². The maximum absolute atomic E-state index is 5.72. The number of thiocarbonyl (C=S) groups is 1. The van der Waals surface area contributed by atoms with Crippen LogP contribution in [0.25, 0.3) is 5.69 Å². The number of pyridine rings is 1. The summed E-state index contributed by atoms with van der Waals surface area (Å²) in [5.41, 5.74) is 5.98. The van der Waals surface area contributed by atoms with E-state index in [2.05, 4.69) is 90.1 Å². The summed E-state index contributed by atoms with van der Waals surface area (Å²) in [6.45, 7) is 8.67. The van der Waals surface area contributed by atoms with Crippen molar-refractivity contribution in [3.05, 3.63) is 83.4 Å². The maximum atomic E-state index is 5.72. The molecule has 2 aromatic heterocycles. The van der Waals surface area contributed by atoms with Crippen LogP contribution in [0.4, 0.5) is 0 Å². The quantitative estimate of drug-likeness (QED) is 0.644. The Bertz CT molecular complexity index is 993. The Kier molecular flexibility index (Phi) is 4.94. The number of rotatable bonds is 4. The molecule has 2 atom stereocenters. The molecule has 0 aliphatic carbocycles. The van der Waals surface area contributed by atoms with Crippen LogP contribution >= 0.6 is 12.2 Å². The number of benzene rings is 1. The first-order valence-corrected chi connectivity index (χ1v) is 10.1. The fraction of sp³-hybridized carbons (Fsp3) is 0.304. The number of hydrogen-bond acceptors (Lipinski definition) is 2. The SMILES string of the molecule is Cc1ccc(-n2cccc2[C@@H]2[C@H](c3ccccn3)NC(=S)N2C(C)C)cc1C. The molecule has 0 saturated carbocycles. The highest BCUT2D eigenvalue weighted by Crippen LogP contribution is 2.40. The summed E-state index contributed by atoms with van der Waals surface area (Å²) >= 11 is 5.72. The summed E-state index contributed by atoms with van der Waals surface area (Å²) in [5.74, 6) is 0. The van der Waals surface area contributed by atoms with E-state index in [0.717, 1.165) is 10.8 Å². The number of hydrogen-bond donors (Lipinski definition) is 1. The van der Waals surface area contributed by atoms with Gasteiger partial charge in [-0.3, -0.25) is 4.98 Å². The topological polar surface area (TPSA) is 33.1 Å². The van der Waals surface area contributed by atoms with E-state index in [1.165, 1.54) is 22.5 Å². The minimum absolute atomic E-state index is 0.0105. The fourth-order valence-electron chi connectivity index (χ4n) is 3.98. The van der Waals surface area contributed by atoms with Gasteiger partial charge in [-0.1, -0.05) is 12.1 Å². The lowest BCUT2D eigenvalue weighted by atomic mass is 10.00. The summed E-state index contributed by atoms with van der Waals surface area (Å²) in [6, 6.07) is 17.3. The molecule has 0 amide bonds. The standard InChI is InChI=1S/C23H26N4S/c1-15(2)27-22(21(25-23(27)28)19-8-5-6-12-24-19)20-9-7-13-26(20)18-11-10-16(3)17(4)14-18/h5-15,21-22H,1-4H3,(H,25,28)/t21-,22+/m0/s1. The first kappa shape index (κ1) is 18.7. The Morgan fingerprint density at radius 3 is 2.54 bits per heavy atom. The molecule has 0 radical (unpaired) electrons. The van der Waals surface area contributed by atoms with Gasteiger partial charge in [0, 0.05) is 29.8 Å². The van der Waals surface area contributed by atoms with E-state index in [0.29, 0.717) is 0 Å². The van der Waals surface area contributed by atoms with E-state index >= 15 is 0 Å². The van der Waals surface area contributed by atoms with Crippen molar-refractivity contribution in [3.8, 4) is 5.69 Å². The molecule has 1 aliphatic rings. The lowest BCUT2D eigenvalue weighted by Crippen LogP contribution is -2.36. The van der Waals surface area contributed by atoms with Crippen LogP contribution in [0, 0.1) is 13.8 Å². The monoisotopic (exact) mass is 390 g/mol.